The number of anilines is 1. The number of halogens is 2. The highest BCUT2D eigenvalue weighted by Crippen LogP contribution is 2.46. The zero-order chi connectivity index (χ0) is 34.2. The van der Waals surface area contributed by atoms with E-state index < -0.39 is 11.6 Å². The summed E-state index contributed by atoms with van der Waals surface area (Å²) in [7, 11) is 0. The summed E-state index contributed by atoms with van der Waals surface area (Å²) in [5.41, 5.74) is -0.301. The van der Waals surface area contributed by atoms with Gasteiger partial charge < -0.3 is 19.6 Å². The van der Waals surface area contributed by atoms with Crippen LogP contribution in [0, 0.1) is 29.4 Å². The molecule has 252 valence electrons. The second kappa shape index (κ2) is 11.4. The summed E-state index contributed by atoms with van der Waals surface area (Å²) < 4.78 is 38.3. The molecule has 0 aliphatic carbocycles. The Morgan fingerprint density at radius 2 is 1.96 bits per heavy atom. The average molecular weight is 665 g/mol. The Kier molecular flexibility index (Phi) is 7.30. The molecule has 1 N–H and O–H groups in total. The van der Waals surface area contributed by atoms with E-state index in [4.69, 9.17) is 16.1 Å². The predicted molar refractivity (Wildman–Crippen MR) is 183 cm³/mol. The summed E-state index contributed by atoms with van der Waals surface area (Å²) in [5.74, 6) is 1.20. The van der Waals surface area contributed by atoms with Crippen LogP contribution in [0.5, 0.6) is 11.8 Å². The Labute approximate surface area is 283 Å². The van der Waals surface area contributed by atoms with Crippen LogP contribution in [-0.4, -0.2) is 86.2 Å². The first-order valence-corrected chi connectivity index (χ1v) is 16.9. The van der Waals surface area contributed by atoms with Crippen molar-refractivity contribution in [3.8, 4) is 35.4 Å². The van der Waals surface area contributed by atoms with Gasteiger partial charge in [0.05, 0.1) is 28.6 Å². The van der Waals surface area contributed by atoms with Gasteiger partial charge in [-0.25, -0.2) is 8.78 Å². The highest BCUT2D eigenvalue weighted by Gasteiger charge is 2.52. The number of hydrogen-bond donors (Lipinski definition) is 1. The van der Waals surface area contributed by atoms with E-state index in [0.717, 1.165) is 45.2 Å². The third-order valence-corrected chi connectivity index (χ3v) is 11.3. The van der Waals surface area contributed by atoms with Crippen molar-refractivity contribution in [2.45, 2.75) is 63.6 Å². The number of carbonyl (C=O) groups is 1. The first-order chi connectivity index (χ1) is 23.5. The molecule has 2 aromatic carbocycles. The number of phenolic OH excluding ortho intramolecular Hbond substituents is 1. The molecule has 4 aliphatic heterocycles. The summed E-state index contributed by atoms with van der Waals surface area (Å²) in [4.78, 5) is 33.5. The second-order valence-electron chi connectivity index (χ2n) is 14.6. The van der Waals surface area contributed by atoms with E-state index >= 15 is 4.39 Å². The molecule has 0 spiro atoms. The molecule has 4 fully saturated rings. The predicted octanol–water partition coefficient (Wildman–Crippen LogP) is 5.82. The molecular formula is C38H38F2N6O3. The number of benzene rings is 2. The van der Waals surface area contributed by atoms with Gasteiger partial charge in [0.1, 0.15) is 35.2 Å². The molecule has 1 amide bonds. The van der Waals surface area contributed by atoms with Gasteiger partial charge in [-0.2, -0.15) is 9.97 Å². The fourth-order valence-corrected chi connectivity index (χ4v) is 9.04. The number of phenols is 1. The van der Waals surface area contributed by atoms with Gasteiger partial charge in [0.15, 0.2) is 5.82 Å². The van der Waals surface area contributed by atoms with E-state index in [9.17, 15) is 14.3 Å². The lowest BCUT2D eigenvalue weighted by atomic mass is 9.84. The number of carbonyl (C=O) groups excluding carboxylic acids is 1. The number of pyridine rings is 1. The molecule has 49 heavy (non-hydrogen) atoms. The van der Waals surface area contributed by atoms with Crippen molar-refractivity contribution in [3.05, 3.63) is 60.3 Å². The highest BCUT2D eigenvalue weighted by atomic mass is 19.1. The van der Waals surface area contributed by atoms with E-state index in [0.29, 0.717) is 36.3 Å². The maximum Gasteiger partial charge on any atom is 0.319 e. The van der Waals surface area contributed by atoms with Crippen molar-refractivity contribution in [1.82, 2.24) is 24.8 Å². The summed E-state index contributed by atoms with van der Waals surface area (Å²) in [6, 6.07) is 5.34. The molecule has 0 radical (unpaired) electrons. The zero-order valence-electron chi connectivity index (χ0n) is 27.7. The fraction of sp³-hybridized carbons (Fsp3) is 0.421. The van der Waals surface area contributed by atoms with E-state index in [1.54, 1.807) is 0 Å². The molecule has 0 unspecified atom stereocenters. The number of aromatic nitrogens is 3. The quantitative estimate of drug-likeness (QED) is 0.204. The molecule has 0 saturated carbocycles. The summed E-state index contributed by atoms with van der Waals surface area (Å²) >= 11 is 0. The third-order valence-electron chi connectivity index (χ3n) is 11.3. The van der Waals surface area contributed by atoms with Gasteiger partial charge in [-0.3, -0.25) is 14.7 Å². The van der Waals surface area contributed by atoms with Crippen molar-refractivity contribution in [2.24, 2.45) is 5.41 Å². The summed E-state index contributed by atoms with van der Waals surface area (Å²) in [6.07, 6.45) is 13.6. The molecule has 11 heteroatoms. The molecule has 2 atom stereocenters. The number of piperazine rings is 1. The van der Waals surface area contributed by atoms with Gasteiger partial charge in [-0.1, -0.05) is 32.4 Å². The van der Waals surface area contributed by atoms with Crippen molar-refractivity contribution in [2.75, 3.05) is 37.7 Å². The number of ether oxygens (including phenoxy) is 1. The molecule has 8 rings (SSSR count). The lowest BCUT2D eigenvalue weighted by molar-refractivity contribution is -0.130. The number of aromatic hydroxyl groups is 1. The van der Waals surface area contributed by atoms with Crippen molar-refractivity contribution in [1.29, 1.82) is 0 Å². The first kappa shape index (κ1) is 31.4. The number of amides is 1. The number of rotatable bonds is 6. The SMILES string of the molecule is C#Cc1c(F)ccc2cc(O)cc(-c3ncc4c(N5C[C@H]6CC(C)(C)[C@@H](C5)N6C(=O)C=C)nc(OCC56CCCN5CCC6)nc4c3F)c12. The lowest BCUT2D eigenvalue weighted by Gasteiger charge is -2.43. The van der Waals surface area contributed by atoms with Crippen LogP contribution in [0.4, 0.5) is 14.6 Å². The zero-order valence-corrected chi connectivity index (χ0v) is 27.7. The maximum atomic E-state index is 17.0. The van der Waals surface area contributed by atoms with Crippen LogP contribution >= 0.6 is 0 Å². The molecule has 9 nitrogen and oxygen atoms in total. The summed E-state index contributed by atoms with van der Waals surface area (Å²) in [6.45, 7) is 11.4. The largest absolute Gasteiger partial charge is 0.508 e. The van der Waals surface area contributed by atoms with Crippen LogP contribution in [0.2, 0.25) is 0 Å². The Hall–Kier alpha value is -4.82. The van der Waals surface area contributed by atoms with Crippen molar-refractivity contribution < 1.29 is 23.4 Å². The molecule has 6 heterocycles. The fourth-order valence-electron chi connectivity index (χ4n) is 9.04. The van der Waals surface area contributed by atoms with Crippen LogP contribution in [0.1, 0.15) is 51.5 Å². The van der Waals surface area contributed by atoms with Crippen LogP contribution in [0.15, 0.2) is 43.1 Å². The van der Waals surface area contributed by atoms with Crippen LogP contribution < -0.4 is 9.64 Å². The minimum atomic E-state index is -0.768. The Morgan fingerprint density at radius 3 is 2.67 bits per heavy atom. The Bertz CT molecular complexity index is 2080. The normalized spacial score (nSPS) is 22.4. The van der Waals surface area contributed by atoms with Gasteiger partial charge in [0.25, 0.3) is 0 Å². The van der Waals surface area contributed by atoms with E-state index in [-0.39, 0.29) is 68.4 Å². The number of nitrogens with zero attached hydrogens (tertiary/aromatic N) is 6. The maximum absolute atomic E-state index is 17.0. The molecule has 2 bridgehead atoms. The minimum absolute atomic E-state index is 0.0106. The molecular weight excluding hydrogens is 626 g/mol. The summed E-state index contributed by atoms with van der Waals surface area (Å²) in [5, 5.41) is 11.7. The Balaban J connectivity index is 1.28. The number of terminal acetylenes is 1. The van der Waals surface area contributed by atoms with E-state index in [1.807, 2.05) is 4.90 Å². The van der Waals surface area contributed by atoms with Crippen molar-refractivity contribution >= 4 is 33.4 Å². The van der Waals surface area contributed by atoms with Gasteiger partial charge in [0.2, 0.25) is 5.91 Å². The number of hydrogen-bond acceptors (Lipinski definition) is 8. The Morgan fingerprint density at radius 1 is 1.18 bits per heavy atom. The average Bonchev–Trinajstić information content (AvgIpc) is 3.71. The highest BCUT2D eigenvalue weighted by molar-refractivity contribution is 6.03. The molecule has 4 aliphatic rings. The van der Waals surface area contributed by atoms with Crippen molar-refractivity contribution in [3.63, 3.8) is 0 Å². The van der Waals surface area contributed by atoms with E-state index in [2.05, 4.69) is 46.1 Å². The van der Waals surface area contributed by atoms with Crippen LogP contribution in [0.25, 0.3) is 32.9 Å². The molecule has 4 saturated heterocycles. The van der Waals surface area contributed by atoms with Gasteiger partial charge in [-0.15, -0.1) is 6.42 Å². The molecule has 4 aromatic rings. The standard InChI is InChI=1S/C38H38F2N6O3/c1-5-25-28(39)10-9-22-15-24(47)16-26(31(22)25)33-32(40)34-27(18-41-33)35(43-36(42-34)49-21-38-11-7-13-45(38)14-8-12-38)44-19-23-17-37(3,4)29(20-44)46(23)30(48)6-2/h1,6,9-10,15-16,18,23,29,47H,2,7-8,11-14,17,19-21H2,3-4H3/t23-,29-/m1/s1. The van der Waals surface area contributed by atoms with Crippen LogP contribution in [0.3, 0.4) is 0 Å². The smallest absolute Gasteiger partial charge is 0.319 e. The second-order valence-corrected chi connectivity index (χ2v) is 14.6. The van der Waals surface area contributed by atoms with Gasteiger partial charge in [0, 0.05) is 30.2 Å². The van der Waals surface area contributed by atoms with E-state index in [1.165, 1.54) is 36.5 Å². The lowest BCUT2D eigenvalue weighted by Crippen LogP contribution is -2.57. The topological polar surface area (TPSA) is 94.9 Å². The first-order valence-electron chi connectivity index (χ1n) is 16.9. The monoisotopic (exact) mass is 664 g/mol. The number of fused-ring (bicyclic) bond motifs is 5. The van der Waals surface area contributed by atoms with Gasteiger partial charge >= 0.3 is 6.01 Å². The molecule has 2 aromatic heterocycles. The third kappa shape index (κ3) is 4.91. The van der Waals surface area contributed by atoms with Crippen LogP contribution in [-0.2, 0) is 4.79 Å². The van der Waals surface area contributed by atoms with Gasteiger partial charge in [-0.05, 0) is 80.3 Å². The minimum Gasteiger partial charge on any atom is -0.508 e.